The van der Waals surface area contributed by atoms with Gasteiger partial charge in [0.05, 0.1) is 6.10 Å². The first-order valence-electron chi connectivity index (χ1n) is 13.5. The van der Waals surface area contributed by atoms with Crippen molar-refractivity contribution < 1.29 is 14.6 Å². The highest BCUT2D eigenvalue weighted by Gasteiger charge is 2.45. The van der Waals surface area contributed by atoms with Crippen molar-refractivity contribution in [2.45, 2.75) is 76.0 Å². The van der Waals surface area contributed by atoms with Gasteiger partial charge in [0.2, 0.25) is 0 Å². The minimum absolute atomic E-state index is 0.103. The fourth-order valence-corrected chi connectivity index (χ4v) is 5.21. The third-order valence-electron chi connectivity index (χ3n) is 7.61. The topological polar surface area (TPSA) is 63.6 Å². The summed E-state index contributed by atoms with van der Waals surface area (Å²) in [6.07, 6.45) is 11.8. The second-order valence-electron chi connectivity index (χ2n) is 10.5. The lowest BCUT2D eigenvalue weighted by atomic mass is 9.93. The number of benzene rings is 2. The van der Waals surface area contributed by atoms with Crippen LogP contribution < -0.4 is 10.1 Å². The number of rotatable bonds is 14. The number of para-hydroxylation sites is 1. The molecule has 0 radical (unpaired) electrons. The molecule has 6 heteroatoms. The van der Waals surface area contributed by atoms with Crippen LogP contribution in [0.5, 0.6) is 5.75 Å². The summed E-state index contributed by atoms with van der Waals surface area (Å²) in [5, 5.41) is 13.4. The van der Waals surface area contributed by atoms with Crippen LogP contribution in [0, 0.1) is 0 Å². The second kappa shape index (κ2) is 12.0. The molecule has 0 amide bonds. The SMILES string of the molecule is C[C@@H](CCCCOCO)c1ccc(Cl)c(CNC2(c3cnccc3-c3ccccc3OC3CC3)CC2)c1. The lowest BCUT2D eigenvalue weighted by Gasteiger charge is -2.23. The van der Waals surface area contributed by atoms with Crippen LogP contribution in [-0.4, -0.2) is 29.6 Å². The third kappa shape index (κ3) is 6.53. The number of nitrogens with zero attached hydrogens (tertiary/aromatic N) is 1. The number of aromatic nitrogens is 1. The number of aliphatic hydroxyl groups is 1. The second-order valence-corrected chi connectivity index (χ2v) is 10.9. The maximum Gasteiger partial charge on any atom is 0.143 e. The van der Waals surface area contributed by atoms with Gasteiger partial charge in [-0.1, -0.05) is 55.3 Å². The average Bonchev–Trinajstić information content (AvgIpc) is 3.86. The summed E-state index contributed by atoms with van der Waals surface area (Å²) in [6.45, 7) is 3.37. The van der Waals surface area contributed by atoms with Gasteiger partial charge in [-0.2, -0.15) is 0 Å². The number of unbranched alkanes of at least 4 members (excludes halogenated alkanes) is 1. The summed E-state index contributed by atoms with van der Waals surface area (Å²) in [6, 6.07) is 16.9. The molecule has 0 spiro atoms. The van der Waals surface area contributed by atoms with Gasteiger partial charge < -0.3 is 19.9 Å². The van der Waals surface area contributed by atoms with Crippen molar-refractivity contribution in [1.29, 1.82) is 0 Å². The zero-order valence-electron chi connectivity index (χ0n) is 21.6. The highest BCUT2D eigenvalue weighted by molar-refractivity contribution is 6.31. The summed E-state index contributed by atoms with van der Waals surface area (Å²) in [7, 11) is 0. The van der Waals surface area contributed by atoms with E-state index < -0.39 is 0 Å². The predicted octanol–water partition coefficient (Wildman–Crippen LogP) is 6.96. The molecule has 5 rings (SSSR count). The highest BCUT2D eigenvalue weighted by Crippen LogP contribution is 2.50. The Labute approximate surface area is 225 Å². The Morgan fingerprint density at radius 2 is 1.95 bits per heavy atom. The van der Waals surface area contributed by atoms with E-state index in [1.54, 1.807) is 0 Å². The van der Waals surface area contributed by atoms with E-state index in [0.29, 0.717) is 25.2 Å². The van der Waals surface area contributed by atoms with Crippen molar-refractivity contribution in [1.82, 2.24) is 10.3 Å². The van der Waals surface area contributed by atoms with E-state index >= 15 is 0 Å². The Hall–Kier alpha value is -2.44. The van der Waals surface area contributed by atoms with Gasteiger partial charge >= 0.3 is 0 Å². The van der Waals surface area contributed by atoms with Gasteiger partial charge in [0.1, 0.15) is 12.5 Å². The summed E-state index contributed by atoms with van der Waals surface area (Å²) in [5.74, 6) is 1.40. The molecule has 1 aromatic heterocycles. The normalized spacial score (nSPS) is 16.9. The van der Waals surface area contributed by atoms with E-state index in [2.05, 4.69) is 53.6 Å². The molecular weight excluding hydrogens is 484 g/mol. The first kappa shape index (κ1) is 26.2. The summed E-state index contributed by atoms with van der Waals surface area (Å²) < 4.78 is 11.3. The summed E-state index contributed by atoms with van der Waals surface area (Å²) >= 11 is 6.65. The van der Waals surface area contributed by atoms with E-state index in [0.717, 1.165) is 66.8 Å². The fourth-order valence-electron chi connectivity index (χ4n) is 5.02. The Morgan fingerprint density at radius 1 is 1.11 bits per heavy atom. The molecular formula is C31H37ClN2O3. The molecule has 2 aliphatic rings. The molecule has 196 valence electrons. The van der Waals surface area contributed by atoms with Crippen molar-refractivity contribution in [2.75, 3.05) is 13.4 Å². The molecule has 1 heterocycles. The van der Waals surface area contributed by atoms with Crippen LogP contribution >= 0.6 is 11.6 Å². The average molecular weight is 521 g/mol. The van der Waals surface area contributed by atoms with Gasteiger partial charge in [-0.05, 0) is 84.9 Å². The van der Waals surface area contributed by atoms with Gasteiger partial charge in [-0.3, -0.25) is 4.98 Å². The first-order chi connectivity index (χ1) is 18.1. The Balaban J connectivity index is 1.30. The molecule has 0 bridgehead atoms. The predicted molar refractivity (Wildman–Crippen MR) is 148 cm³/mol. The molecule has 2 aliphatic carbocycles. The largest absolute Gasteiger partial charge is 0.490 e. The molecule has 37 heavy (non-hydrogen) atoms. The van der Waals surface area contributed by atoms with Crippen LogP contribution in [-0.2, 0) is 16.8 Å². The van der Waals surface area contributed by atoms with Gasteiger partial charge in [0.15, 0.2) is 0 Å². The Kier molecular flexibility index (Phi) is 8.46. The summed E-state index contributed by atoms with van der Waals surface area (Å²) in [4.78, 5) is 4.51. The maximum atomic E-state index is 8.76. The van der Waals surface area contributed by atoms with E-state index in [-0.39, 0.29) is 12.3 Å². The minimum Gasteiger partial charge on any atom is -0.490 e. The molecule has 0 aliphatic heterocycles. The molecule has 0 unspecified atom stereocenters. The first-order valence-corrected chi connectivity index (χ1v) is 13.9. The highest BCUT2D eigenvalue weighted by atomic mass is 35.5. The van der Waals surface area contributed by atoms with E-state index in [1.165, 1.54) is 16.7 Å². The number of hydrogen-bond acceptors (Lipinski definition) is 5. The van der Waals surface area contributed by atoms with Crippen molar-refractivity contribution in [3.63, 3.8) is 0 Å². The lowest BCUT2D eigenvalue weighted by molar-refractivity contribution is -0.00288. The number of aliphatic hydroxyl groups excluding tert-OH is 1. The zero-order valence-corrected chi connectivity index (χ0v) is 22.3. The van der Waals surface area contributed by atoms with Gasteiger partial charge in [0.25, 0.3) is 0 Å². The smallest absolute Gasteiger partial charge is 0.143 e. The quantitative estimate of drug-likeness (QED) is 0.178. The van der Waals surface area contributed by atoms with Crippen molar-refractivity contribution in [2.24, 2.45) is 0 Å². The number of hydrogen-bond donors (Lipinski definition) is 2. The van der Waals surface area contributed by atoms with E-state index in [9.17, 15) is 0 Å². The van der Waals surface area contributed by atoms with E-state index in [4.69, 9.17) is 26.2 Å². The van der Waals surface area contributed by atoms with Gasteiger partial charge in [-0.15, -0.1) is 0 Å². The van der Waals surface area contributed by atoms with Gasteiger partial charge in [0, 0.05) is 41.7 Å². The standard InChI is InChI=1S/C31H37ClN2O3/c1-22(6-4-5-17-36-21-35)23-9-12-29(32)24(18-23)19-34-31(14-15-31)28-20-33-16-13-26(28)27-7-2-3-8-30(27)37-25-10-11-25/h2-3,7-9,12-13,16,18,20,22,25,34-35H,4-6,10-11,14-15,17,19,21H2,1H3/t22-/m0/s1. The fraction of sp³-hybridized carbons (Fsp3) is 0.452. The number of nitrogens with one attached hydrogen (secondary N) is 1. The molecule has 2 N–H and O–H groups in total. The minimum atomic E-state index is -0.202. The van der Waals surface area contributed by atoms with Crippen molar-refractivity contribution >= 4 is 11.6 Å². The Morgan fingerprint density at radius 3 is 2.73 bits per heavy atom. The Bertz CT molecular complexity index is 1190. The number of halogens is 1. The molecule has 2 aromatic carbocycles. The molecule has 1 atom stereocenters. The monoisotopic (exact) mass is 520 g/mol. The molecule has 5 nitrogen and oxygen atoms in total. The van der Waals surface area contributed by atoms with Crippen LogP contribution in [0.1, 0.15) is 74.5 Å². The zero-order chi connectivity index (χ0) is 25.7. The molecule has 0 saturated heterocycles. The molecule has 2 fully saturated rings. The van der Waals surface area contributed by atoms with Crippen molar-refractivity contribution in [3.8, 4) is 16.9 Å². The van der Waals surface area contributed by atoms with Crippen molar-refractivity contribution in [3.05, 3.63) is 82.6 Å². The van der Waals surface area contributed by atoms with Crippen LogP contribution in [0.15, 0.2) is 60.9 Å². The number of ether oxygens (including phenoxy) is 2. The molecule has 3 aromatic rings. The maximum absolute atomic E-state index is 8.76. The number of pyridine rings is 1. The van der Waals surface area contributed by atoms with Crippen LogP contribution in [0.3, 0.4) is 0 Å². The summed E-state index contributed by atoms with van der Waals surface area (Å²) in [5.41, 5.74) is 5.89. The third-order valence-corrected chi connectivity index (χ3v) is 7.97. The van der Waals surface area contributed by atoms with Crippen LogP contribution in [0.25, 0.3) is 11.1 Å². The lowest BCUT2D eigenvalue weighted by Crippen LogP contribution is -2.29. The van der Waals surface area contributed by atoms with Crippen LogP contribution in [0.4, 0.5) is 0 Å². The van der Waals surface area contributed by atoms with Crippen LogP contribution in [0.2, 0.25) is 5.02 Å². The van der Waals surface area contributed by atoms with E-state index in [1.807, 2.05) is 24.5 Å². The van der Waals surface area contributed by atoms with Gasteiger partial charge in [-0.25, -0.2) is 0 Å². The molecule has 2 saturated carbocycles.